The number of amides is 1. The van der Waals surface area contributed by atoms with Gasteiger partial charge in [-0.2, -0.15) is 20.9 Å². The van der Waals surface area contributed by atoms with Crippen LogP contribution in [0.1, 0.15) is 41.5 Å². The van der Waals surface area contributed by atoms with Gasteiger partial charge in [0, 0.05) is 22.6 Å². The van der Waals surface area contributed by atoms with Crippen LogP contribution in [0.3, 0.4) is 0 Å². The fourth-order valence-electron chi connectivity index (χ4n) is 3.52. The van der Waals surface area contributed by atoms with Crippen LogP contribution in [0, 0.1) is 21.1 Å². The van der Waals surface area contributed by atoms with Gasteiger partial charge in [-0.1, -0.05) is 37.5 Å². The number of fused-ring (bicyclic) bond motifs is 1. The molecule has 4 nitrogen and oxygen atoms in total. The van der Waals surface area contributed by atoms with Gasteiger partial charge >= 0.3 is 18.9 Å². The van der Waals surface area contributed by atoms with Crippen molar-refractivity contribution in [3.8, 4) is 11.5 Å². The Bertz CT molecular complexity index is 1340. The first-order valence-corrected chi connectivity index (χ1v) is 10.7. The van der Waals surface area contributed by atoms with Crippen LogP contribution in [0.5, 0.6) is 11.5 Å². The molecule has 0 bridgehead atoms. The summed E-state index contributed by atoms with van der Waals surface area (Å²) in [6.07, 6.45) is 2.76. The normalized spacial score (nSPS) is 11.2. The molecule has 0 radical (unpaired) electrons. The summed E-state index contributed by atoms with van der Waals surface area (Å²) >= 11 is 0. The zero-order chi connectivity index (χ0) is 24.3. The van der Waals surface area contributed by atoms with Crippen molar-refractivity contribution in [3.63, 3.8) is 0 Å². The molecule has 0 fully saturated rings. The molecule has 0 aliphatic carbocycles. The molecule has 0 aliphatic rings. The maximum absolute atomic E-state index is 14.1. The number of carbonyl (C=O) groups is 1. The first-order valence-electron chi connectivity index (χ1n) is 10.7. The minimum atomic E-state index is -3.10. The van der Waals surface area contributed by atoms with E-state index in [0.717, 1.165) is 16.5 Å². The second-order valence-electron chi connectivity index (χ2n) is 8.06. The average Bonchev–Trinajstić information content (AvgIpc) is 2.84. The predicted octanol–water partition coefficient (Wildman–Crippen LogP) is 4.89. The number of nitrogens with zero attached hydrogens (tertiary/aromatic N) is 1. The van der Waals surface area contributed by atoms with Crippen molar-refractivity contribution in [1.29, 1.82) is 0 Å². The largest absolute Gasteiger partial charge is 1.00 e. The number of alkyl halides is 2. The van der Waals surface area contributed by atoms with E-state index in [0.29, 0.717) is 17.1 Å². The first-order chi connectivity index (χ1) is 16.3. The molecule has 0 saturated carbocycles. The summed E-state index contributed by atoms with van der Waals surface area (Å²) in [5.41, 5.74) is 0.865. The molecule has 0 unspecified atom stereocenters. The fourth-order valence-corrected chi connectivity index (χ4v) is 3.52. The number of hydrogen-bond acceptors (Lipinski definition) is 3. The van der Waals surface area contributed by atoms with Gasteiger partial charge in [0.15, 0.2) is 0 Å². The Kier molecular flexibility index (Phi) is 11.3. The van der Waals surface area contributed by atoms with E-state index < -0.39 is 5.92 Å². The number of carbonyl (C=O) groups excluding carboxylic acids is 1. The Hall–Kier alpha value is -3.46. The van der Waals surface area contributed by atoms with Crippen molar-refractivity contribution in [2.45, 2.75) is 25.8 Å². The molecule has 1 N–H and O–H groups in total. The van der Waals surface area contributed by atoms with Crippen molar-refractivity contribution >= 4 is 16.7 Å². The van der Waals surface area contributed by atoms with Crippen LogP contribution in [-0.2, 0) is 5.92 Å². The van der Waals surface area contributed by atoms with Gasteiger partial charge in [0.2, 0.25) is 0 Å². The minimum Gasteiger partial charge on any atom is -0.457 e. The van der Waals surface area contributed by atoms with E-state index in [-0.39, 0.29) is 56.8 Å². The second kappa shape index (κ2) is 13.2. The summed E-state index contributed by atoms with van der Waals surface area (Å²) in [6, 6.07) is 21.6. The Balaban J connectivity index is 0.00000228. The van der Waals surface area contributed by atoms with Crippen LogP contribution in [0.4, 0.5) is 8.78 Å². The molecule has 188 valence electrons. The number of allylic oxidation sites excluding steroid dienone is 1. The van der Waals surface area contributed by atoms with Crippen molar-refractivity contribution in [2.24, 2.45) is 0 Å². The van der Waals surface area contributed by atoms with Gasteiger partial charge in [0.1, 0.15) is 11.5 Å². The van der Waals surface area contributed by atoms with E-state index >= 15 is 0 Å². The van der Waals surface area contributed by atoms with Crippen LogP contribution in [0.25, 0.3) is 10.8 Å². The molecule has 1 heterocycles. The van der Waals surface area contributed by atoms with Crippen LogP contribution < -0.4 is 28.9 Å². The number of nitrogens with one attached hydrogen (secondary N) is 1. The quantitative estimate of drug-likeness (QED) is 0.226. The van der Waals surface area contributed by atoms with Gasteiger partial charge in [-0.05, 0) is 66.4 Å². The Morgan fingerprint density at radius 3 is 2.38 bits per heavy atom. The molecular formula is C30H29F2LiN2O2-2. The summed E-state index contributed by atoms with van der Waals surface area (Å²) in [7, 11) is 0. The summed E-state index contributed by atoms with van der Waals surface area (Å²) in [4.78, 5) is 16.9. The summed E-state index contributed by atoms with van der Waals surface area (Å²) < 4.78 is 34.3. The molecule has 4 rings (SSSR count). The van der Waals surface area contributed by atoms with E-state index in [1.807, 2.05) is 37.3 Å². The zero-order valence-corrected chi connectivity index (χ0v) is 21.8. The smallest absolute Gasteiger partial charge is 0.457 e. The molecule has 0 aliphatic heterocycles. The number of benzene rings is 3. The molecule has 4 aromatic rings. The van der Waals surface area contributed by atoms with Crippen molar-refractivity contribution in [2.75, 3.05) is 0 Å². The third kappa shape index (κ3) is 7.06. The fraction of sp³-hybridized carbons (Fsp3) is 0.133. The van der Waals surface area contributed by atoms with Crippen molar-refractivity contribution in [1.82, 2.24) is 10.3 Å². The molecule has 7 heteroatoms. The second-order valence-corrected chi connectivity index (χ2v) is 8.06. The van der Waals surface area contributed by atoms with Crippen LogP contribution >= 0.6 is 0 Å². The molecule has 37 heavy (non-hydrogen) atoms. The van der Waals surface area contributed by atoms with Crippen molar-refractivity contribution < 1.29 is 37.2 Å². The predicted molar refractivity (Wildman–Crippen MR) is 141 cm³/mol. The molecular weight excluding hydrogens is 465 g/mol. The third-order valence-corrected chi connectivity index (χ3v) is 5.51. The maximum Gasteiger partial charge on any atom is 1.00 e. The number of hydrogen-bond donors (Lipinski definition) is 1. The zero-order valence-electron chi connectivity index (χ0n) is 21.8. The Morgan fingerprint density at radius 1 is 1.05 bits per heavy atom. The Morgan fingerprint density at radius 2 is 1.76 bits per heavy atom. The van der Waals surface area contributed by atoms with E-state index in [9.17, 15) is 13.6 Å². The minimum absolute atomic E-state index is 0. The molecule has 0 saturated heterocycles. The number of rotatable bonds is 7. The average molecular weight is 495 g/mol. The van der Waals surface area contributed by atoms with Gasteiger partial charge in [-0.15, -0.1) is 6.07 Å². The standard InChI is InChI=1S/C28H23F2N2O2.2CH3.Li/c1-18(2)28(29,30)22-11-13-23(14-12-22)34-26-9-6-7-20-17-21(10-15-24(20)26)27(33)32-19(3)25-8-4-5-16-31-25;;;/h4-15,17,19H,1H2,2-3H3,(H,32,33);2*1H3;/q3*-1;+1/t19-;;;/m0.../s1. The third-order valence-electron chi connectivity index (χ3n) is 5.51. The van der Waals surface area contributed by atoms with E-state index in [2.05, 4.69) is 23.1 Å². The van der Waals surface area contributed by atoms with Crippen LogP contribution in [-0.4, -0.2) is 10.9 Å². The molecule has 1 amide bonds. The van der Waals surface area contributed by atoms with E-state index in [1.165, 1.54) is 31.2 Å². The first kappa shape index (κ1) is 31.6. The van der Waals surface area contributed by atoms with Gasteiger partial charge in [-0.3, -0.25) is 4.79 Å². The van der Waals surface area contributed by atoms with Gasteiger partial charge in [-0.25, -0.2) is 0 Å². The topological polar surface area (TPSA) is 51.2 Å². The van der Waals surface area contributed by atoms with Crippen LogP contribution in [0.2, 0.25) is 0 Å². The maximum atomic E-state index is 14.1. The van der Waals surface area contributed by atoms with Gasteiger partial charge in [0.05, 0.1) is 0 Å². The Labute approximate surface area is 230 Å². The number of aromatic nitrogens is 1. The van der Waals surface area contributed by atoms with E-state index in [4.69, 9.17) is 4.74 Å². The summed E-state index contributed by atoms with van der Waals surface area (Å²) in [5, 5.41) is 4.55. The molecule has 1 atom stereocenters. The SMILES string of the molecule is C=C(C)C(F)(F)c1ccc(Oc2cccc3cc(C(=O)N[C@@H](C)c4ccc[c-]n4)ccc23)cc1.[CH3-].[CH3-].[Li+]. The van der Waals surface area contributed by atoms with Crippen LogP contribution in [0.15, 0.2) is 91.0 Å². The monoisotopic (exact) mass is 494 g/mol. The number of halogens is 2. The molecule has 1 aromatic heterocycles. The number of ether oxygens (including phenoxy) is 1. The van der Waals surface area contributed by atoms with E-state index in [1.54, 1.807) is 24.3 Å². The molecule has 0 spiro atoms. The summed E-state index contributed by atoms with van der Waals surface area (Å²) in [6.45, 7) is 6.52. The molecule has 3 aromatic carbocycles. The number of pyridine rings is 1. The van der Waals surface area contributed by atoms with Gasteiger partial charge in [0.25, 0.3) is 11.8 Å². The summed E-state index contributed by atoms with van der Waals surface area (Å²) in [5.74, 6) is -2.33. The van der Waals surface area contributed by atoms with Gasteiger partial charge < -0.3 is 29.9 Å². The van der Waals surface area contributed by atoms with Crippen molar-refractivity contribution in [3.05, 3.63) is 129 Å².